The van der Waals surface area contributed by atoms with Crippen molar-refractivity contribution in [3.8, 4) is 0 Å². The van der Waals surface area contributed by atoms with E-state index in [1.165, 1.54) is 16.8 Å². The SMILES string of the molecule is NCC(N)C(=O)CCc1ccc(C(=O)Nc2ccn([C@H]3C[C@@H](OP)[C@@H](COP)O3)c(=O)n2)cc1. The summed E-state index contributed by atoms with van der Waals surface area (Å²) in [5.41, 5.74) is 11.7. The van der Waals surface area contributed by atoms with Gasteiger partial charge < -0.3 is 30.6 Å². The summed E-state index contributed by atoms with van der Waals surface area (Å²) in [6.07, 6.45) is 1.62. The fraction of sp³-hybridized carbons (Fsp3) is 0.429. The van der Waals surface area contributed by atoms with Crippen molar-refractivity contribution in [2.24, 2.45) is 11.5 Å². The Morgan fingerprint density at radius 2 is 2.00 bits per heavy atom. The highest BCUT2D eigenvalue weighted by Gasteiger charge is 2.37. The Bertz CT molecular complexity index is 1050. The Kier molecular flexibility index (Phi) is 9.79. The van der Waals surface area contributed by atoms with Crippen LogP contribution in [0.1, 0.15) is 35.0 Å². The Balaban J connectivity index is 1.59. The lowest BCUT2D eigenvalue weighted by molar-refractivity contribution is -0.120. The van der Waals surface area contributed by atoms with Gasteiger partial charge in [-0.15, -0.1) is 0 Å². The fourth-order valence-electron chi connectivity index (χ4n) is 3.56. The molecule has 1 fully saturated rings. The summed E-state index contributed by atoms with van der Waals surface area (Å²) in [5.74, 6) is -0.389. The van der Waals surface area contributed by atoms with Crippen LogP contribution in [-0.4, -0.2) is 52.6 Å². The van der Waals surface area contributed by atoms with E-state index >= 15 is 0 Å². The van der Waals surface area contributed by atoms with Gasteiger partial charge in [0.25, 0.3) is 5.91 Å². The maximum Gasteiger partial charge on any atom is 0.351 e. The highest BCUT2D eigenvalue weighted by atomic mass is 31.0. The van der Waals surface area contributed by atoms with Crippen LogP contribution >= 0.6 is 18.9 Å². The van der Waals surface area contributed by atoms with E-state index in [1.807, 2.05) is 0 Å². The summed E-state index contributed by atoms with van der Waals surface area (Å²) in [7, 11) is 4.36. The van der Waals surface area contributed by atoms with Gasteiger partial charge in [0.1, 0.15) is 18.1 Å². The van der Waals surface area contributed by atoms with Gasteiger partial charge in [-0.3, -0.25) is 14.2 Å². The van der Waals surface area contributed by atoms with E-state index in [-0.39, 0.29) is 36.8 Å². The second-order valence-corrected chi connectivity index (χ2v) is 8.44. The lowest BCUT2D eigenvalue weighted by Crippen LogP contribution is -2.37. The number of nitrogens with zero attached hydrogens (tertiary/aromatic N) is 2. The van der Waals surface area contributed by atoms with Crippen LogP contribution in [0.5, 0.6) is 0 Å². The highest BCUT2D eigenvalue weighted by molar-refractivity contribution is 7.10. The van der Waals surface area contributed by atoms with Crippen LogP contribution in [0.3, 0.4) is 0 Å². The van der Waals surface area contributed by atoms with Crippen LogP contribution in [0.25, 0.3) is 0 Å². The molecule has 1 aromatic heterocycles. The zero-order valence-corrected chi connectivity index (χ0v) is 20.8. The van der Waals surface area contributed by atoms with Crippen LogP contribution in [0.15, 0.2) is 41.3 Å². The predicted octanol–water partition coefficient (Wildman–Crippen LogP) is 0.553. The number of rotatable bonds is 11. The van der Waals surface area contributed by atoms with E-state index < -0.39 is 23.9 Å². The number of anilines is 1. The van der Waals surface area contributed by atoms with Crippen molar-refractivity contribution in [1.29, 1.82) is 0 Å². The molecule has 184 valence electrons. The number of aryl methyl sites for hydroxylation is 1. The summed E-state index contributed by atoms with van der Waals surface area (Å²) in [6, 6.07) is 7.68. The number of benzene rings is 1. The normalized spacial score (nSPS) is 20.8. The molecule has 5 N–H and O–H groups in total. The molecular weight excluding hydrogens is 480 g/mol. The van der Waals surface area contributed by atoms with E-state index in [4.69, 9.17) is 25.3 Å². The molecule has 0 aliphatic carbocycles. The number of amides is 1. The van der Waals surface area contributed by atoms with E-state index in [2.05, 4.69) is 29.2 Å². The molecule has 34 heavy (non-hydrogen) atoms. The molecule has 3 rings (SSSR count). The lowest BCUT2D eigenvalue weighted by Gasteiger charge is -2.16. The highest BCUT2D eigenvalue weighted by Crippen LogP contribution is 2.31. The van der Waals surface area contributed by atoms with Crippen LogP contribution in [0, 0.1) is 0 Å². The first-order valence-corrected chi connectivity index (χ1v) is 11.6. The predicted molar refractivity (Wildman–Crippen MR) is 132 cm³/mol. The summed E-state index contributed by atoms with van der Waals surface area (Å²) in [6.45, 7) is 0.414. The molecule has 2 aromatic rings. The van der Waals surface area contributed by atoms with Gasteiger partial charge in [-0.05, 0) is 30.2 Å². The van der Waals surface area contributed by atoms with Crippen LogP contribution < -0.4 is 22.5 Å². The number of ketones is 1. The maximum absolute atomic E-state index is 12.6. The number of hydrogen-bond donors (Lipinski definition) is 3. The third-order valence-corrected chi connectivity index (χ3v) is 6.08. The second-order valence-electron chi connectivity index (χ2n) is 7.83. The van der Waals surface area contributed by atoms with Gasteiger partial charge >= 0.3 is 5.69 Å². The summed E-state index contributed by atoms with van der Waals surface area (Å²) < 4.78 is 17.6. The minimum absolute atomic E-state index is 0.0991. The summed E-state index contributed by atoms with van der Waals surface area (Å²) >= 11 is 0. The van der Waals surface area contributed by atoms with E-state index in [0.717, 1.165) is 5.56 Å². The zero-order valence-electron chi connectivity index (χ0n) is 18.5. The van der Waals surface area contributed by atoms with Gasteiger partial charge in [0.05, 0.1) is 18.8 Å². The van der Waals surface area contributed by atoms with Gasteiger partial charge in [-0.1, -0.05) is 12.1 Å². The van der Waals surface area contributed by atoms with Crippen molar-refractivity contribution in [1.82, 2.24) is 9.55 Å². The van der Waals surface area contributed by atoms with E-state index in [9.17, 15) is 14.4 Å². The molecule has 11 nitrogen and oxygen atoms in total. The van der Waals surface area contributed by atoms with Gasteiger partial charge in [0.15, 0.2) is 5.78 Å². The number of hydrogen-bond acceptors (Lipinski definition) is 9. The molecule has 3 unspecified atom stereocenters. The topological polar surface area (TPSA) is 161 Å². The second kappa shape index (κ2) is 12.6. The Morgan fingerprint density at radius 1 is 1.26 bits per heavy atom. The number of aromatic nitrogens is 2. The molecule has 6 atom stereocenters. The molecule has 1 aliphatic rings. The van der Waals surface area contributed by atoms with Crippen molar-refractivity contribution >= 4 is 36.4 Å². The Labute approximate surface area is 201 Å². The number of carbonyl (C=O) groups is 2. The zero-order chi connectivity index (χ0) is 24.7. The first kappa shape index (κ1) is 26.5. The molecule has 0 saturated carbocycles. The van der Waals surface area contributed by atoms with Crippen molar-refractivity contribution in [2.75, 3.05) is 18.5 Å². The average molecular weight is 509 g/mol. The van der Waals surface area contributed by atoms with E-state index in [0.29, 0.717) is 25.0 Å². The molecule has 0 radical (unpaired) electrons. The van der Waals surface area contributed by atoms with Crippen LogP contribution in [0.2, 0.25) is 0 Å². The molecule has 0 spiro atoms. The molecule has 2 heterocycles. The third-order valence-electron chi connectivity index (χ3n) is 5.54. The van der Waals surface area contributed by atoms with Gasteiger partial charge in [-0.2, -0.15) is 4.98 Å². The molecular formula is C21H29N5O6P2. The number of ether oxygens (including phenoxy) is 1. The number of nitrogens with one attached hydrogen (secondary N) is 1. The first-order chi connectivity index (χ1) is 16.4. The van der Waals surface area contributed by atoms with E-state index in [1.54, 1.807) is 24.3 Å². The van der Waals surface area contributed by atoms with Crippen molar-refractivity contribution in [2.45, 2.75) is 43.7 Å². The Hall–Kier alpha value is -2.10. The molecule has 1 aliphatic heterocycles. The average Bonchev–Trinajstić information content (AvgIpc) is 3.25. The summed E-state index contributed by atoms with van der Waals surface area (Å²) in [4.78, 5) is 40.9. The van der Waals surface area contributed by atoms with Crippen molar-refractivity contribution < 1.29 is 23.4 Å². The molecule has 1 amide bonds. The largest absolute Gasteiger partial charge is 0.363 e. The van der Waals surface area contributed by atoms with Crippen LogP contribution in [-0.2, 0) is 25.0 Å². The lowest BCUT2D eigenvalue weighted by atomic mass is 10.0. The number of Topliss-reactive ketones (excluding diaryl/α,β-unsaturated/α-hetero) is 1. The number of nitrogens with two attached hydrogens (primary N) is 2. The molecule has 1 aromatic carbocycles. The maximum atomic E-state index is 12.6. The van der Waals surface area contributed by atoms with Crippen molar-refractivity contribution in [3.63, 3.8) is 0 Å². The quantitative estimate of drug-likeness (QED) is 0.368. The van der Waals surface area contributed by atoms with Gasteiger partial charge in [0.2, 0.25) is 0 Å². The molecule has 13 heteroatoms. The smallest absolute Gasteiger partial charge is 0.351 e. The molecule has 1 saturated heterocycles. The number of carbonyl (C=O) groups excluding carboxylic acids is 2. The minimum Gasteiger partial charge on any atom is -0.363 e. The first-order valence-electron chi connectivity index (χ1n) is 10.7. The van der Waals surface area contributed by atoms with Crippen molar-refractivity contribution in [3.05, 3.63) is 58.1 Å². The van der Waals surface area contributed by atoms with Crippen LogP contribution in [0.4, 0.5) is 5.82 Å². The molecule has 0 bridgehead atoms. The fourth-order valence-corrected chi connectivity index (χ4v) is 4.03. The standard InChI is InChI=1S/C21H29N5O6P2/c22-10-14(23)15(27)6-3-12-1-4-13(5-2-12)20(28)24-18-7-8-26(21(29)25-18)19-9-16(32-34)17(31-19)11-30-33/h1-2,4-5,7-8,14,16-17,19H,3,6,9-11,22-23,33-34H2,(H,24,25,28,29)/t14?,16-,17-,19-/m1/s1. The monoisotopic (exact) mass is 509 g/mol. The summed E-state index contributed by atoms with van der Waals surface area (Å²) in [5, 5.41) is 2.62. The Morgan fingerprint density at radius 3 is 2.62 bits per heavy atom. The van der Waals surface area contributed by atoms with Gasteiger partial charge in [0, 0.05) is 50.1 Å². The third kappa shape index (κ3) is 6.73. The van der Waals surface area contributed by atoms with Gasteiger partial charge in [-0.25, -0.2) is 4.79 Å². The minimum atomic E-state index is -0.653.